The van der Waals surface area contributed by atoms with Crippen molar-refractivity contribution in [3.63, 3.8) is 0 Å². The summed E-state index contributed by atoms with van der Waals surface area (Å²) in [6, 6.07) is 0. The van der Waals surface area contributed by atoms with Gasteiger partial charge < -0.3 is 14.2 Å². The lowest BCUT2D eigenvalue weighted by Crippen LogP contribution is -2.13. The first kappa shape index (κ1) is 11.4. The summed E-state index contributed by atoms with van der Waals surface area (Å²) in [6.07, 6.45) is 7.93. The maximum Gasteiger partial charge on any atom is 0.0597 e. The van der Waals surface area contributed by atoms with Gasteiger partial charge >= 0.3 is 0 Å². The highest BCUT2D eigenvalue weighted by atomic mass is 16.5. The third kappa shape index (κ3) is 4.09. The van der Waals surface area contributed by atoms with Crippen molar-refractivity contribution in [2.45, 2.75) is 50.7 Å². The van der Waals surface area contributed by atoms with Crippen molar-refractivity contribution in [1.82, 2.24) is 0 Å². The summed E-state index contributed by atoms with van der Waals surface area (Å²) < 4.78 is 16.7. The van der Waals surface area contributed by atoms with E-state index in [2.05, 4.69) is 0 Å². The largest absolute Gasteiger partial charge is 0.381 e. The highest BCUT2D eigenvalue weighted by Gasteiger charge is 2.16. The normalized spacial score (nSPS) is 31.2. The Bertz CT molecular complexity index is 142. The van der Waals surface area contributed by atoms with Gasteiger partial charge in [-0.05, 0) is 38.5 Å². The summed E-state index contributed by atoms with van der Waals surface area (Å²) >= 11 is 0. The number of rotatable bonds is 6. The molecule has 2 rings (SSSR count). The van der Waals surface area contributed by atoms with Crippen LogP contribution in [0.3, 0.4) is 0 Å². The summed E-state index contributed by atoms with van der Waals surface area (Å²) in [7, 11) is 0. The average molecular weight is 214 g/mol. The molecule has 2 atom stereocenters. The maximum absolute atomic E-state index is 5.60. The monoisotopic (exact) mass is 214 g/mol. The van der Waals surface area contributed by atoms with Crippen LogP contribution in [0.25, 0.3) is 0 Å². The first-order chi connectivity index (χ1) is 7.45. The van der Waals surface area contributed by atoms with E-state index in [4.69, 9.17) is 14.2 Å². The molecule has 0 saturated carbocycles. The number of ether oxygens (including phenoxy) is 3. The van der Waals surface area contributed by atoms with Crippen molar-refractivity contribution in [2.24, 2.45) is 0 Å². The van der Waals surface area contributed by atoms with Gasteiger partial charge in [-0.2, -0.15) is 0 Å². The minimum Gasteiger partial charge on any atom is -0.381 e. The molecular weight excluding hydrogens is 192 g/mol. The van der Waals surface area contributed by atoms with E-state index >= 15 is 0 Å². The standard InChI is InChI=1S/C12H22O3/c1-3-11(14-7-1)5-9-13-10-6-12-4-2-8-15-12/h11-12H,1-10H2. The van der Waals surface area contributed by atoms with Crippen molar-refractivity contribution in [3.8, 4) is 0 Å². The molecule has 0 aliphatic carbocycles. The molecule has 0 aromatic carbocycles. The summed E-state index contributed by atoms with van der Waals surface area (Å²) in [5.41, 5.74) is 0. The van der Waals surface area contributed by atoms with Crippen molar-refractivity contribution >= 4 is 0 Å². The van der Waals surface area contributed by atoms with Crippen molar-refractivity contribution in [1.29, 1.82) is 0 Å². The second-order valence-corrected chi connectivity index (χ2v) is 4.46. The fourth-order valence-corrected chi connectivity index (χ4v) is 2.28. The van der Waals surface area contributed by atoms with Gasteiger partial charge in [-0.15, -0.1) is 0 Å². The van der Waals surface area contributed by atoms with Gasteiger partial charge in [-0.3, -0.25) is 0 Å². The van der Waals surface area contributed by atoms with Gasteiger partial charge in [0.05, 0.1) is 12.2 Å². The molecule has 3 heteroatoms. The first-order valence-electron chi connectivity index (χ1n) is 6.26. The van der Waals surface area contributed by atoms with Crippen LogP contribution in [-0.2, 0) is 14.2 Å². The van der Waals surface area contributed by atoms with E-state index in [0.717, 1.165) is 39.3 Å². The van der Waals surface area contributed by atoms with Crippen LogP contribution < -0.4 is 0 Å². The smallest absolute Gasteiger partial charge is 0.0597 e. The molecule has 0 aromatic rings. The van der Waals surface area contributed by atoms with Crippen LogP contribution in [0.15, 0.2) is 0 Å². The zero-order valence-electron chi connectivity index (χ0n) is 9.45. The van der Waals surface area contributed by atoms with Crippen molar-refractivity contribution in [2.75, 3.05) is 26.4 Å². The molecular formula is C12H22O3. The SMILES string of the molecule is C1COC(CCOCCC2CCCO2)C1. The molecule has 15 heavy (non-hydrogen) atoms. The van der Waals surface area contributed by atoms with Gasteiger partial charge in [-0.1, -0.05) is 0 Å². The molecule has 2 unspecified atom stereocenters. The average Bonchev–Trinajstić information content (AvgIpc) is 2.88. The minimum atomic E-state index is 0.465. The highest BCUT2D eigenvalue weighted by molar-refractivity contribution is 4.65. The quantitative estimate of drug-likeness (QED) is 0.634. The van der Waals surface area contributed by atoms with E-state index in [0.29, 0.717) is 12.2 Å². The summed E-state index contributed by atoms with van der Waals surface area (Å²) in [6.45, 7) is 3.58. The van der Waals surface area contributed by atoms with Gasteiger partial charge in [0, 0.05) is 26.4 Å². The molecule has 0 radical (unpaired) electrons. The Morgan fingerprint density at radius 3 is 1.80 bits per heavy atom. The maximum atomic E-state index is 5.60. The van der Waals surface area contributed by atoms with Gasteiger partial charge in [0.2, 0.25) is 0 Å². The second-order valence-electron chi connectivity index (χ2n) is 4.46. The van der Waals surface area contributed by atoms with Crippen LogP contribution in [0.1, 0.15) is 38.5 Å². The van der Waals surface area contributed by atoms with Crippen LogP contribution >= 0.6 is 0 Å². The molecule has 2 aliphatic heterocycles. The fourth-order valence-electron chi connectivity index (χ4n) is 2.28. The number of hydrogen-bond donors (Lipinski definition) is 0. The molecule has 2 heterocycles. The van der Waals surface area contributed by atoms with E-state index < -0.39 is 0 Å². The van der Waals surface area contributed by atoms with E-state index in [9.17, 15) is 0 Å². The zero-order valence-corrected chi connectivity index (χ0v) is 9.45. The molecule has 0 N–H and O–H groups in total. The third-order valence-electron chi connectivity index (χ3n) is 3.22. The third-order valence-corrected chi connectivity index (χ3v) is 3.22. The highest BCUT2D eigenvalue weighted by Crippen LogP contribution is 2.16. The van der Waals surface area contributed by atoms with Crippen LogP contribution in [0.2, 0.25) is 0 Å². The molecule has 0 spiro atoms. The fraction of sp³-hybridized carbons (Fsp3) is 1.00. The Kier molecular flexibility index (Phi) is 4.90. The molecule has 88 valence electrons. The lowest BCUT2D eigenvalue weighted by molar-refractivity contribution is 0.0368. The molecule has 0 bridgehead atoms. The second kappa shape index (κ2) is 6.46. The van der Waals surface area contributed by atoms with Crippen molar-refractivity contribution in [3.05, 3.63) is 0 Å². The van der Waals surface area contributed by atoms with Crippen LogP contribution in [0.5, 0.6) is 0 Å². The minimum absolute atomic E-state index is 0.465. The van der Waals surface area contributed by atoms with Crippen molar-refractivity contribution < 1.29 is 14.2 Å². The summed E-state index contributed by atoms with van der Waals surface area (Å²) in [5, 5.41) is 0. The van der Waals surface area contributed by atoms with E-state index in [1.54, 1.807) is 0 Å². The van der Waals surface area contributed by atoms with Crippen LogP contribution in [-0.4, -0.2) is 38.6 Å². The zero-order chi connectivity index (χ0) is 10.3. The van der Waals surface area contributed by atoms with E-state index in [1.165, 1.54) is 25.7 Å². The Hall–Kier alpha value is -0.120. The lowest BCUT2D eigenvalue weighted by Gasteiger charge is -2.11. The molecule has 0 aromatic heterocycles. The Labute approximate surface area is 92.1 Å². The lowest BCUT2D eigenvalue weighted by atomic mass is 10.2. The molecule has 2 fully saturated rings. The predicted octanol–water partition coefficient (Wildman–Crippen LogP) is 2.14. The van der Waals surface area contributed by atoms with E-state index in [-0.39, 0.29) is 0 Å². The number of hydrogen-bond acceptors (Lipinski definition) is 3. The molecule has 0 amide bonds. The van der Waals surface area contributed by atoms with Crippen LogP contribution in [0.4, 0.5) is 0 Å². The topological polar surface area (TPSA) is 27.7 Å². The van der Waals surface area contributed by atoms with Crippen LogP contribution in [0, 0.1) is 0 Å². The summed E-state index contributed by atoms with van der Waals surface area (Å²) in [4.78, 5) is 0. The summed E-state index contributed by atoms with van der Waals surface area (Å²) in [5.74, 6) is 0. The Morgan fingerprint density at radius 1 is 0.867 bits per heavy atom. The van der Waals surface area contributed by atoms with Gasteiger partial charge in [0.25, 0.3) is 0 Å². The first-order valence-corrected chi connectivity index (χ1v) is 6.26. The molecule has 2 saturated heterocycles. The molecule has 3 nitrogen and oxygen atoms in total. The van der Waals surface area contributed by atoms with Gasteiger partial charge in [0.15, 0.2) is 0 Å². The van der Waals surface area contributed by atoms with Gasteiger partial charge in [-0.25, -0.2) is 0 Å². The van der Waals surface area contributed by atoms with E-state index in [1.807, 2.05) is 0 Å². The Morgan fingerprint density at radius 2 is 1.40 bits per heavy atom. The van der Waals surface area contributed by atoms with Gasteiger partial charge in [0.1, 0.15) is 0 Å². The predicted molar refractivity (Wildman–Crippen MR) is 58.0 cm³/mol. The molecule has 2 aliphatic rings. The Balaban J connectivity index is 1.41.